The van der Waals surface area contributed by atoms with Gasteiger partial charge in [0.1, 0.15) is 10.7 Å². The lowest BCUT2D eigenvalue weighted by molar-refractivity contribution is 0.474. The maximum atomic E-state index is 6.26. The van der Waals surface area contributed by atoms with Crippen LogP contribution in [-0.2, 0) is 12.6 Å². The number of aromatic nitrogens is 3. The van der Waals surface area contributed by atoms with E-state index in [1.165, 1.54) is 0 Å². The highest BCUT2D eigenvalue weighted by molar-refractivity contribution is 7.10. The zero-order chi connectivity index (χ0) is 14.3. The minimum Gasteiger partial charge on any atom is -0.326 e. The highest BCUT2D eigenvalue weighted by Crippen LogP contribution is 2.30. The average molecular weight is 286 g/mol. The van der Waals surface area contributed by atoms with Gasteiger partial charge in [-0.3, -0.25) is 0 Å². The van der Waals surface area contributed by atoms with Crippen LogP contribution in [0.15, 0.2) is 29.6 Å². The molecule has 20 heavy (non-hydrogen) atoms. The molecule has 3 rings (SSSR count). The van der Waals surface area contributed by atoms with E-state index in [9.17, 15) is 0 Å². The van der Waals surface area contributed by atoms with Crippen molar-refractivity contribution in [2.75, 3.05) is 0 Å². The van der Waals surface area contributed by atoms with Gasteiger partial charge in [0.2, 0.25) is 0 Å². The van der Waals surface area contributed by atoms with Crippen LogP contribution in [-0.4, -0.2) is 14.5 Å². The first kappa shape index (κ1) is 13.3. The first-order chi connectivity index (χ1) is 9.53. The molecule has 4 nitrogen and oxygen atoms in total. The number of fused-ring (bicyclic) bond motifs is 1. The number of benzene rings is 1. The van der Waals surface area contributed by atoms with Crippen LogP contribution in [0.3, 0.4) is 0 Å². The molecule has 5 heteroatoms. The number of imidazole rings is 1. The molecule has 1 aromatic carbocycles. The molecule has 1 unspecified atom stereocenters. The Bertz CT molecular complexity index is 754. The highest BCUT2D eigenvalue weighted by atomic mass is 32.1. The van der Waals surface area contributed by atoms with E-state index in [1.54, 1.807) is 11.3 Å². The number of rotatable bonds is 3. The number of thiazole rings is 1. The van der Waals surface area contributed by atoms with Gasteiger partial charge in [-0.2, -0.15) is 0 Å². The molecule has 0 bridgehead atoms. The quantitative estimate of drug-likeness (QED) is 0.804. The third kappa shape index (κ3) is 2.03. The fourth-order valence-corrected chi connectivity index (χ4v) is 3.11. The number of nitrogens with zero attached hydrogens (tertiary/aromatic N) is 3. The van der Waals surface area contributed by atoms with Gasteiger partial charge in [0.15, 0.2) is 5.82 Å². The van der Waals surface area contributed by atoms with Crippen molar-refractivity contribution in [1.82, 2.24) is 14.5 Å². The van der Waals surface area contributed by atoms with E-state index in [2.05, 4.69) is 27.5 Å². The summed E-state index contributed by atoms with van der Waals surface area (Å²) in [5.41, 5.74) is 8.90. The van der Waals surface area contributed by atoms with E-state index in [0.29, 0.717) is 0 Å². The molecule has 2 N–H and O–H groups in total. The zero-order valence-corrected chi connectivity index (χ0v) is 12.7. The Kier molecular flexibility index (Phi) is 3.11. The lowest BCUT2D eigenvalue weighted by Gasteiger charge is -2.18. The summed E-state index contributed by atoms with van der Waals surface area (Å²) in [6.45, 7) is 4.10. The molecule has 0 aliphatic heterocycles. The van der Waals surface area contributed by atoms with E-state index < -0.39 is 0 Å². The largest absolute Gasteiger partial charge is 0.326 e. The summed E-state index contributed by atoms with van der Waals surface area (Å²) >= 11 is 1.61. The zero-order valence-electron chi connectivity index (χ0n) is 11.9. The van der Waals surface area contributed by atoms with Crippen LogP contribution in [0.1, 0.15) is 25.3 Å². The van der Waals surface area contributed by atoms with E-state index in [-0.39, 0.29) is 5.54 Å². The lowest BCUT2D eigenvalue weighted by Crippen LogP contribution is -2.31. The first-order valence-corrected chi connectivity index (χ1v) is 7.57. The van der Waals surface area contributed by atoms with Crippen LogP contribution in [0.25, 0.3) is 22.6 Å². The molecule has 0 radical (unpaired) electrons. The van der Waals surface area contributed by atoms with Crippen LogP contribution in [0.2, 0.25) is 0 Å². The molecule has 1 atom stereocenters. The second-order valence-electron chi connectivity index (χ2n) is 5.29. The van der Waals surface area contributed by atoms with Crippen molar-refractivity contribution in [1.29, 1.82) is 0 Å². The normalized spacial score (nSPS) is 14.6. The second kappa shape index (κ2) is 4.68. The van der Waals surface area contributed by atoms with Crippen molar-refractivity contribution in [2.24, 2.45) is 12.8 Å². The van der Waals surface area contributed by atoms with Gasteiger partial charge < -0.3 is 10.3 Å². The van der Waals surface area contributed by atoms with Crippen molar-refractivity contribution >= 4 is 22.4 Å². The monoisotopic (exact) mass is 286 g/mol. The maximum Gasteiger partial charge on any atom is 0.160 e. The van der Waals surface area contributed by atoms with E-state index >= 15 is 0 Å². The smallest absolute Gasteiger partial charge is 0.160 e. The predicted molar refractivity (Wildman–Crippen MR) is 83.7 cm³/mol. The van der Waals surface area contributed by atoms with Crippen LogP contribution >= 0.6 is 11.3 Å². The summed E-state index contributed by atoms with van der Waals surface area (Å²) < 4.78 is 2.08. The number of aryl methyl sites for hydroxylation is 1. The number of para-hydroxylation sites is 2. The first-order valence-electron chi connectivity index (χ1n) is 6.69. The van der Waals surface area contributed by atoms with Gasteiger partial charge in [0.25, 0.3) is 0 Å². The Morgan fingerprint density at radius 1 is 1.30 bits per heavy atom. The van der Waals surface area contributed by atoms with Crippen molar-refractivity contribution in [3.63, 3.8) is 0 Å². The summed E-state index contributed by atoms with van der Waals surface area (Å²) in [7, 11) is 2.02. The topological polar surface area (TPSA) is 56.7 Å². The molecule has 3 aromatic rings. The standard InChI is InChI=1S/C15H18N4S/c1-4-15(2,16)14-18-11(9-20-14)13-17-10-7-5-6-8-12(10)19(13)3/h5-9H,4,16H2,1-3H3. The Morgan fingerprint density at radius 2 is 2.05 bits per heavy atom. The molecule has 0 saturated carbocycles. The minimum atomic E-state index is -0.368. The SMILES string of the molecule is CCC(C)(N)c1nc(-c2nc3ccccc3n2C)cs1. The number of hydrogen-bond acceptors (Lipinski definition) is 4. The third-order valence-electron chi connectivity index (χ3n) is 3.74. The third-order valence-corrected chi connectivity index (χ3v) is 4.87. The lowest BCUT2D eigenvalue weighted by atomic mass is 10.0. The van der Waals surface area contributed by atoms with Crippen LogP contribution < -0.4 is 5.73 Å². The van der Waals surface area contributed by atoms with Gasteiger partial charge in [0.05, 0.1) is 16.6 Å². The fraction of sp³-hybridized carbons (Fsp3) is 0.333. The van der Waals surface area contributed by atoms with E-state index in [0.717, 1.165) is 34.0 Å². The summed E-state index contributed by atoms with van der Waals surface area (Å²) in [5, 5.41) is 3.00. The maximum absolute atomic E-state index is 6.26. The molecular formula is C15H18N4S. The summed E-state index contributed by atoms with van der Waals surface area (Å²) in [6, 6.07) is 8.11. The highest BCUT2D eigenvalue weighted by Gasteiger charge is 2.24. The summed E-state index contributed by atoms with van der Waals surface area (Å²) in [6.07, 6.45) is 0.864. The molecule has 0 spiro atoms. The van der Waals surface area contributed by atoms with Gasteiger partial charge in [-0.1, -0.05) is 19.1 Å². The molecule has 2 aromatic heterocycles. The van der Waals surface area contributed by atoms with Crippen LogP contribution in [0.5, 0.6) is 0 Å². The van der Waals surface area contributed by atoms with Crippen LogP contribution in [0.4, 0.5) is 0 Å². The molecule has 0 saturated heterocycles. The Hall–Kier alpha value is -1.72. The van der Waals surface area contributed by atoms with Crippen LogP contribution in [0, 0.1) is 0 Å². The summed E-state index contributed by atoms with van der Waals surface area (Å²) in [5.74, 6) is 0.889. The number of nitrogens with two attached hydrogens (primary N) is 1. The Balaban J connectivity index is 2.10. The molecule has 0 aliphatic carbocycles. The van der Waals surface area contributed by atoms with Gasteiger partial charge in [-0.25, -0.2) is 9.97 Å². The minimum absolute atomic E-state index is 0.368. The molecule has 2 heterocycles. The molecular weight excluding hydrogens is 268 g/mol. The van der Waals surface area contributed by atoms with Crippen molar-refractivity contribution in [2.45, 2.75) is 25.8 Å². The summed E-state index contributed by atoms with van der Waals surface area (Å²) in [4.78, 5) is 9.36. The van der Waals surface area contributed by atoms with Crippen molar-refractivity contribution in [3.05, 3.63) is 34.7 Å². The van der Waals surface area contributed by atoms with E-state index in [1.807, 2.05) is 37.6 Å². The van der Waals surface area contributed by atoms with Crippen molar-refractivity contribution in [3.8, 4) is 11.5 Å². The van der Waals surface area contributed by atoms with E-state index in [4.69, 9.17) is 5.73 Å². The predicted octanol–water partition coefficient (Wildman–Crippen LogP) is 3.28. The van der Waals surface area contributed by atoms with Gasteiger partial charge >= 0.3 is 0 Å². The molecule has 0 aliphatic rings. The fourth-order valence-electron chi connectivity index (χ4n) is 2.16. The van der Waals surface area contributed by atoms with Gasteiger partial charge in [0, 0.05) is 12.4 Å². The van der Waals surface area contributed by atoms with Crippen molar-refractivity contribution < 1.29 is 0 Å². The number of hydrogen-bond donors (Lipinski definition) is 1. The average Bonchev–Trinajstić information content (AvgIpc) is 3.05. The van der Waals surface area contributed by atoms with Gasteiger partial charge in [-0.05, 0) is 25.5 Å². The molecule has 0 amide bonds. The Morgan fingerprint density at radius 3 is 2.75 bits per heavy atom. The second-order valence-corrected chi connectivity index (χ2v) is 6.15. The van der Waals surface area contributed by atoms with Gasteiger partial charge in [-0.15, -0.1) is 11.3 Å². The Labute approximate surface area is 122 Å². The molecule has 104 valence electrons. The molecule has 0 fully saturated rings.